The van der Waals surface area contributed by atoms with E-state index in [4.69, 9.17) is 10.5 Å². The van der Waals surface area contributed by atoms with Gasteiger partial charge in [0.05, 0.1) is 5.56 Å². The Labute approximate surface area is 145 Å². The number of esters is 1. The van der Waals surface area contributed by atoms with Crippen LogP contribution < -0.4 is 16.0 Å². The van der Waals surface area contributed by atoms with Gasteiger partial charge < -0.3 is 20.7 Å². The number of rotatable bonds is 5. The lowest BCUT2D eigenvalue weighted by molar-refractivity contribution is -0.126. The molecule has 25 heavy (non-hydrogen) atoms. The summed E-state index contributed by atoms with van der Waals surface area (Å²) in [4.78, 5) is 36.9. The van der Waals surface area contributed by atoms with Crippen LogP contribution in [0.5, 0.6) is 0 Å². The first kappa shape index (κ1) is 18.0. The third-order valence-corrected chi connectivity index (χ3v) is 3.47. The van der Waals surface area contributed by atoms with E-state index in [-0.39, 0.29) is 11.5 Å². The molecule has 3 N–H and O–H groups in total. The summed E-state index contributed by atoms with van der Waals surface area (Å²) in [6.07, 6.45) is -0.967. The van der Waals surface area contributed by atoms with Crippen molar-refractivity contribution in [2.24, 2.45) is 5.73 Å². The molecular weight excluding hydrogens is 322 g/mol. The van der Waals surface area contributed by atoms with Crippen LogP contribution in [0, 0.1) is 0 Å². The Morgan fingerprint density at radius 3 is 2.40 bits per heavy atom. The van der Waals surface area contributed by atoms with E-state index >= 15 is 0 Å². The average Bonchev–Trinajstić information content (AvgIpc) is 2.60. The molecule has 0 fully saturated rings. The molecule has 130 valence electrons. The third kappa shape index (κ3) is 4.81. The summed E-state index contributed by atoms with van der Waals surface area (Å²) in [5.41, 5.74) is 6.31. The summed E-state index contributed by atoms with van der Waals surface area (Å²) < 4.78 is 5.23. The number of hydrogen-bond acceptors (Lipinski definition) is 4. The van der Waals surface area contributed by atoms with Gasteiger partial charge in [-0.2, -0.15) is 0 Å². The van der Waals surface area contributed by atoms with Gasteiger partial charge in [-0.25, -0.2) is 9.59 Å². The Hall–Kier alpha value is -3.35. The minimum Gasteiger partial charge on any atom is -0.449 e. The van der Waals surface area contributed by atoms with Gasteiger partial charge >= 0.3 is 12.0 Å². The predicted molar refractivity (Wildman–Crippen MR) is 94.4 cm³/mol. The molecule has 0 spiro atoms. The van der Waals surface area contributed by atoms with Crippen molar-refractivity contribution in [3.8, 4) is 0 Å². The van der Waals surface area contributed by atoms with Crippen molar-refractivity contribution in [3.05, 3.63) is 60.2 Å². The minimum atomic E-state index is -0.967. The van der Waals surface area contributed by atoms with E-state index in [0.29, 0.717) is 11.4 Å². The maximum atomic E-state index is 12.4. The first-order valence-electron chi connectivity index (χ1n) is 7.58. The van der Waals surface area contributed by atoms with E-state index in [2.05, 4.69) is 5.32 Å². The lowest BCUT2D eigenvalue weighted by atomic mass is 10.2. The first-order chi connectivity index (χ1) is 11.9. The molecular formula is C18H19N3O4. The van der Waals surface area contributed by atoms with E-state index in [1.54, 1.807) is 31.3 Å². The van der Waals surface area contributed by atoms with E-state index < -0.39 is 18.1 Å². The highest BCUT2D eigenvalue weighted by Gasteiger charge is 2.23. The quantitative estimate of drug-likeness (QED) is 0.815. The number of anilines is 2. The van der Waals surface area contributed by atoms with Crippen molar-refractivity contribution < 1.29 is 19.1 Å². The maximum Gasteiger partial charge on any atom is 0.338 e. The average molecular weight is 341 g/mol. The topological polar surface area (TPSA) is 102 Å². The lowest BCUT2D eigenvalue weighted by Crippen LogP contribution is -2.37. The van der Waals surface area contributed by atoms with Gasteiger partial charge in [0.1, 0.15) is 0 Å². The number of urea groups is 1. The molecule has 0 aliphatic rings. The number of likely N-dealkylation sites (N-methyl/N-ethyl adjacent to an activating group) is 1. The standard InChI is InChI=1S/C18H19N3O4/c1-12(16(22)21(2)15-9-4-3-5-10-15)25-17(23)13-7-6-8-14(11-13)20-18(19)24/h3-12H,1-2H3,(H3,19,20,24)/t12-/m0/s1. The Bertz CT molecular complexity index is 777. The molecule has 7 nitrogen and oxygen atoms in total. The molecule has 3 amide bonds. The van der Waals surface area contributed by atoms with Crippen molar-refractivity contribution in [3.63, 3.8) is 0 Å². The van der Waals surface area contributed by atoms with Gasteiger partial charge in [0, 0.05) is 18.4 Å². The SMILES string of the molecule is C[C@H](OC(=O)c1cccc(NC(N)=O)c1)C(=O)N(C)c1ccccc1. The summed E-state index contributed by atoms with van der Waals surface area (Å²) in [7, 11) is 1.61. The molecule has 0 aromatic heterocycles. The van der Waals surface area contributed by atoms with Crippen molar-refractivity contribution >= 4 is 29.3 Å². The van der Waals surface area contributed by atoms with Crippen LogP contribution in [0.4, 0.5) is 16.2 Å². The molecule has 0 saturated heterocycles. The Morgan fingerprint density at radius 1 is 1.08 bits per heavy atom. The number of primary amides is 1. The van der Waals surface area contributed by atoms with Crippen LogP contribution in [-0.4, -0.2) is 31.1 Å². The van der Waals surface area contributed by atoms with Crippen LogP contribution in [-0.2, 0) is 9.53 Å². The second-order valence-electron chi connectivity index (χ2n) is 5.35. The molecule has 0 saturated carbocycles. The smallest absolute Gasteiger partial charge is 0.338 e. The van der Waals surface area contributed by atoms with Gasteiger partial charge in [0.25, 0.3) is 5.91 Å². The molecule has 7 heteroatoms. The van der Waals surface area contributed by atoms with Crippen LogP contribution in [0.3, 0.4) is 0 Å². The van der Waals surface area contributed by atoms with E-state index in [0.717, 1.165) is 0 Å². The molecule has 0 radical (unpaired) electrons. The summed E-state index contributed by atoms with van der Waals surface area (Å²) in [6, 6.07) is 14.4. The number of amides is 3. The van der Waals surface area contributed by atoms with Gasteiger partial charge in [-0.05, 0) is 37.3 Å². The summed E-state index contributed by atoms with van der Waals surface area (Å²) >= 11 is 0. The Morgan fingerprint density at radius 2 is 1.76 bits per heavy atom. The van der Waals surface area contributed by atoms with Crippen molar-refractivity contribution in [1.29, 1.82) is 0 Å². The number of carbonyl (C=O) groups is 3. The van der Waals surface area contributed by atoms with Gasteiger partial charge in [-0.3, -0.25) is 4.79 Å². The van der Waals surface area contributed by atoms with E-state index in [1.165, 1.54) is 24.0 Å². The molecule has 1 atom stereocenters. The number of nitrogens with zero attached hydrogens (tertiary/aromatic N) is 1. The van der Waals surface area contributed by atoms with Crippen LogP contribution in [0.25, 0.3) is 0 Å². The molecule has 0 aliphatic heterocycles. The highest BCUT2D eigenvalue weighted by atomic mass is 16.5. The fraction of sp³-hybridized carbons (Fsp3) is 0.167. The predicted octanol–water partition coefficient (Wildman–Crippen LogP) is 2.39. The molecule has 0 aliphatic carbocycles. The first-order valence-corrected chi connectivity index (χ1v) is 7.58. The zero-order valence-electron chi connectivity index (χ0n) is 13.9. The number of ether oxygens (including phenoxy) is 1. The number of nitrogens with one attached hydrogen (secondary N) is 1. The monoisotopic (exact) mass is 341 g/mol. The second kappa shape index (κ2) is 7.96. The van der Waals surface area contributed by atoms with Gasteiger partial charge in [-0.15, -0.1) is 0 Å². The Balaban J connectivity index is 2.04. The third-order valence-electron chi connectivity index (χ3n) is 3.47. The van der Waals surface area contributed by atoms with Gasteiger partial charge in [-0.1, -0.05) is 24.3 Å². The van der Waals surface area contributed by atoms with E-state index in [9.17, 15) is 14.4 Å². The summed E-state index contributed by atoms with van der Waals surface area (Å²) in [6.45, 7) is 1.51. The zero-order chi connectivity index (χ0) is 18.4. The van der Waals surface area contributed by atoms with Gasteiger partial charge in [0.2, 0.25) is 0 Å². The molecule has 2 aromatic rings. The number of hydrogen-bond donors (Lipinski definition) is 2. The summed E-state index contributed by atoms with van der Waals surface area (Å²) in [5.74, 6) is -1.03. The number of carbonyl (C=O) groups excluding carboxylic acids is 3. The molecule has 0 bridgehead atoms. The highest BCUT2D eigenvalue weighted by molar-refractivity contribution is 5.99. The number of para-hydroxylation sites is 1. The lowest BCUT2D eigenvalue weighted by Gasteiger charge is -2.21. The summed E-state index contributed by atoms with van der Waals surface area (Å²) in [5, 5.41) is 2.37. The van der Waals surface area contributed by atoms with Crippen LogP contribution in [0.1, 0.15) is 17.3 Å². The number of nitrogens with two attached hydrogens (primary N) is 1. The second-order valence-corrected chi connectivity index (χ2v) is 5.35. The molecule has 0 unspecified atom stereocenters. The number of benzene rings is 2. The van der Waals surface area contributed by atoms with Crippen molar-refractivity contribution in [1.82, 2.24) is 0 Å². The molecule has 0 heterocycles. The maximum absolute atomic E-state index is 12.4. The highest BCUT2D eigenvalue weighted by Crippen LogP contribution is 2.15. The van der Waals surface area contributed by atoms with Crippen molar-refractivity contribution in [2.45, 2.75) is 13.0 Å². The van der Waals surface area contributed by atoms with Crippen LogP contribution in [0.15, 0.2) is 54.6 Å². The van der Waals surface area contributed by atoms with Crippen molar-refractivity contribution in [2.75, 3.05) is 17.3 Å². The largest absolute Gasteiger partial charge is 0.449 e. The fourth-order valence-corrected chi connectivity index (χ4v) is 2.20. The minimum absolute atomic E-state index is 0.202. The molecule has 2 rings (SSSR count). The zero-order valence-corrected chi connectivity index (χ0v) is 13.9. The Kier molecular flexibility index (Phi) is 5.73. The normalized spacial score (nSPS) is 11.3. The fourth-order valence-electron chi connectivity index (χ4n) is 2.20. The molecule has 2 aromatic carbocycles. The van der Waals surface area contributed by atoms with Crippen LogP contribution in [0.2, 0.25) is 0 Å². The van der Waals surface area contributed by atoms with E-state index in [1.807, 2.05) is 18.2 Å². The van der Waals surface area contributed by atoms with Gasteiger partial charge in [0.15, 0.2) is 6.10 Å². The van der Waals surface area contributed by atoms with Crippen LogP contribution >= 0.6 is 0 Å².